The average molecular weight is 453 g/mol. The van der Waals surface area contributed by atoms with Crippen LogP contribution in [0.15, 0.2) is 52.3 Å². The maximum atomic E-state index is 12.9. The van der Waals surface area contributed by atoms with Gasteiger partial charge in [-0.3, -0.25) is 4.79 Å². The zero-order chi connectivity index (χ0) is 21.3. The van der Waals surface area contributed by atoms with Crippen LogP contribution in [0, 0.1) is 0 Å². The Kier molecular flexibility index (Phi) is 9.25. The number of methoxy groups -OCH3 is 1. The lowest BCUT2D eigenvalue weighted by Gasteiger charge is -2.24. The smallest absolute Gasteiger partial charge is 0.408 e. The van der Waals surface area contributed by atoms with Crippen LogP contribution in [0.2, 0.25) is 0 Å². The van der Waals surface area contributed by atoms with Crippen LogP contribution in [0.4, 0.5) is 4.79 Å². The predicted octanol–water partition coefficient (Wildman–Crippen LogP) is 4.42. The fraction of sp³-hybridized carbons (Fsp3) is 0.429. The summed E-state index contributed by atoms with van der Waals surface area (Å²) >= 11 is 3.36. The minimum Gasteiger partial charge on any atom is -0.499 e. The summed E-state index contributed by atoms with van der Waals surface area (Å²) in [6.07, 6.45) is 1.41. The van der Waals surface area contributed by atoms with Crippen molar-refractivity contribution in [2.75, 3.05) is 7.11 Å². The van der Waals surface area contributed by atoms with E-state index in [1.165, 1.54) is 7.11 Å². The molecule has 6 nitrogen and oxygen atoms in total. The molecule has 0 spiro atoms. The Morgan fingerprint density at radius 3 is 2.29 bits per heavy atom. The fourth-order valence-electron chi connectivity index (χ4n) is 2.26. The number of ether oxygens (including phenoxy) is 2. The Morgan fingerprint density at radius 1 is 1.18 bits per heavy atom. The van der Waals surface area contributed by atoms with E-state index in [0.29, 0.717) is 17.9 Å². The molecule has 28 heavy (non-hydrogen) atoms. The second-order valence-corrected chi connectivity index (χ2v) is 8.53. The zero-order valence-electron chi connectivity index (χ0n) is 17.3. The van der Waals surface area contributed by atoms with Crippen LogP contribution < -0.4 is 10.6 Å². The van der Waals surface area contributed by atoms with Crippen molar-refractivity contribution < 1.29 is 19.1 Å². The van der Waals surface area contributed by atoms with E-state index in [1.54, 1.807) is 33.8 Å². The number of carbonyl (C=O) groups excluding carboxylic acids is 2. The average Bonchev–Trinajstić information content (AvgIpc) is 2.58. The Morgan fingerprint density at radius 2 is 1.79 bits per heavy atom. The minimum absolute atomic E-state index is 0.322. The lowest BCUT2D eigenvalue weighted by molar-refractivity contribution is -0.122. The van der Waals surface area contributed by atoms with Gasteiger partial charge in [-0.1, -0.05) is 46.3 Å². The van der Waals surface area contributed by atoms with Crippen molar-refractivity contribution in [3.05, 3.63) is 57.9 Å². The van der Waals surface area contributed by atoms with Gasteiger partial charge in [0, 0.05) is 6.42 Å². The molecule has 0 aliphatic heterocycles. The van der Waals surface area contributed by atoms with Crippen molar-refractivity contribution in [2.24, 2.45) is 0 Å². The van der Waals surface area contributed by atoms with Crippen molar-refractivity contribution >= 4 is 27.9 Å². The first-order valence-electron chi connectivity index (χ1n) is 8.95. The highest BCUT2D eigenvalue weighted by atomic mass is 79.9. The monoisotopic (exact) mass is 452 g/mol. The summed E-state index contributed by atoms with van der Waals surface area (Å²) in [6, 6.07) is 8.64. The molecule has 0 aromatic heterocycles. The number of nitrogens with one attached hydrogen (secondary N) is 2. The molecule has 0 aliphatic carbocycles. The number of hydrogen-bond donors (Lipinski definition) is 2. The van der Waals surface area contributed by atoms with Gasteiger partial charge in [-0.05, 0) is 50.7 Å². The SMILES string of the molecule is COC(C)=C(C=C(C)Br)NC(=O)C(Cc1ccccc1)NC(=O)OC(C)(C)C. The van der Waals surface area contributed by atoms with E-state index in [9.17, 15) is 9.59 Å². The van der Waals surface area contributed by atoms with Crippen LogP contribution in [-0.2, 0) is 20.7 Å². The largest absolute Gasteiger partial charge is 0.499 e. The molecule has 1 rings (SSSR count). The van der Waals surface area contributed by atoms with Gasteiger partial charge in [0.15, 0.2) is 0 Å². The zero-order valence-corrected chi connectivity index (χ0v) is 18.8. The standard InChI is InChI=1S/C21H29BrN2O4/c1-14(22)12-17(15(2)27-6)23-19(25)18(13-16-10-8-7-9-11-16)24-20(26)28-21(3,4)5/h7-12,18H,13H2,1-6H3,(H,23,25)(H,24,26). The lowest BCUT2D eigenvalue weighted by Crippen LogP contribution is -2.49. The van der Waals surface area contributed by atoms with E-state index in [-0.39, 0.29) is 5.91 Å². The molecule has 0 saturated carbocycles. The molecule has 0 heterocycles. The van der Waals surface area contributed by atoms with Crippen molar-refractivity contribution in [1.82, 2.24) is 10.6 Å². The van der Waals surface area contributed by atoms with Crippen LogP contribution >= 0.6 is 15.9 Å². The van der Waals surface area contributed by atoms with Gasteiger partial charge >= 0.3 is 6.09 Å². The highest BCUT2D eigenvalue weighted by molar-refractivity contribution is 9.11. The van der Waals surface area contributed by atoms with Crippen LogP contribution in [0.3, 0.4) is 0 Å². The molecular formula is C21H29BrN2O4. The molecule has 7 heteroatoms. The van der Waals surface area contributed by atoms with Gasteiger partial charge in [-0.15, -0.1) is 0 Å². The maximum Gasteiger partial charge on any atom is 0.408 e. The van der Waals surface area contributed by atoms with E-state index in [2.05, 4.69) is 26.6 Å². The maximum absolute atomic E-state index is 12.9. The Hall–Kier alpha value is -2.28. The van der Waals surface area contributed by atoms with E-state index in [0.717, 1.165) is 10.0 Å². The highest BCUT2D eigenvalue weighted by Gasteiger charge is 2.25. The molecule has 154 valence electrons. The molecular weight excluding hydrogens is 424 g/mol. The third kappa shape index (κ3) is 9.08. The minimum atomic E-state index is -0.819. The van der Waals surface area contributed by atoms with Gasteiger partial charge in [-0.25, -0.2) is 4.79 Å². The number of benzene rings is 1. The fourth-order valence-corrected chi connectivity index (χ4v) is 2.49. The lowest BCUT2D eigenvalue weighted by atomic mass is 10.1. The van der Waals surface area contributed by atoms with Crippen molar-refractivity contribution in [3.63, 3.8) is 0 Å². The molecule has 0 aliphatic rings. The van der Waals surface area contributed by atoms with Crippen LogP contribution in [0.1, 0.15) is 40.2 Å². The normalized spacial score (nSPS) is 13.9. The van der Waals surface area contributed by atoms with Crippen LogP contribution in [0.5, 0.6) is 0 Å². The van der Waals surface area contributed by atoms with Gasteiger partial charge < -0.3 is 20.1 Å². The molecule has 0 saturated heterocycles. The third-order valence-electron chi connectivity index (χ3n) is 3.58. The first-order valence-corrected chi connectivity index (χ1v) is 9.74. The van der Waals surface area contributed by atoms with Crippen LogP contribution in [-0.4, -0.2) is 30.8 Å². The number of hydrogen-bond acceptors (Lipinski definition) is 4. The molecule has 0 fully saturated rings. The summed E-state index contributed by atoms with van der Waals surface area (Å²) in [5.74, 6) is 0.175. The number of allylic oxidation sites excluding steroid dienone is 3. The van der Waals surface area contributed by atoms with Gasteiger partial charge in [0.2, 0.25) is 5.91 Å². The second-order valence-electron chi connectivity index (χ2n) is 7.28. The summed E-state index contributed by atoms with van der Waals surface area (Å²) in [5, 5.41) is 5.50. The highest BCUT2D eigenvalue weighted by Crippen LogP contribution is 2.13. The van der Waals surface area contributed by atoms with E-state index in [1.807, 2.05) is 37.3 Å². The second kappa shape index (κ2) is 10.9. The van der Waals surface area contributed by atoms with Crippen molar-refractivity contribution in [2.45, 2.75) is 52.7 Å². The topological polar surface area (TPSA) is 76.7 Å². The summed E-state index contributed by atoms with van der Waals surface area (Å²) in [6.45, 7) is 8.90. The molecule has 2 amide bonds. The van der Waals surface area contributed by atoms with Gasteiger partial charge in [0.1, 0.15) is 17.4 Å². The summed E-state index contributed by atoms with van der Waals surface area (Å²) in [7, 11) is 1.53. The third-order valence-corrected chi connectivity index (χ3v) is 3.81. The predicted molar refractivity (Wildman–Crippen MR) is 114 cm³/mol. The Balaban J connectivity index is 3.06. The number of rotatable bonds is 7. The number of amides is 2. The summed E-state index contributed by atoms with van der Waals surface area (Å²) in [4.78, 5) is 25.2. The quantitative estimate of drug-likeness (QED) is 0.474. The number of alkyl carbamates (subject to hydrolysis) is 1. The van der Waals surface area contributed by atoms with Gasteiger partial charge in [-0.2, -0.15) is 0 Å². The van der Waals surface area contributed by atoms with Gasteiger partial charge in [0.05, 0.1) is 12.8 Å². The molecule has 1 aromatic carbocycles. The van der Waals surface area contributed by atoms with Gasteiger partial charge in [0.25, 0.3) is 0 Å². The molecule has 2 N–H and O–H groups in total. The first-order chi connectivity index (χ1) is 13.0. The number of halogens is 1. The molecule has 1 aromatic rings. The number of carbonyl (C=O) groups is 2. The first kappa shape index (κ1) is 23.8. The summed E-state index contributed by atoms with van der Waals surface area (Å²) in [5.41, 5.74) is 0.761. The van der Waals surface area contributed by atoms with Crippen molar-refractivity contribution in [1.29, 1.82) is 0 Å². The molecule has 0 bridgehead atoms. The molecule has 0 radical (unpaired) electrons. The molecule has 1 unspecified atom stereocenters. The molecule has 1 atom stereocenters. The van der Waals surface area contributed by atoms with E-state index < -0.39 is 17.7 Å². The summed E-state index contributed by atoms with van der Waals surface area (Å²) < 4.78 is 11.4. The van der Waals surface area contributed by atoms with E-state index in [4.69, 9.17) is 9.47 Å². The Bertz CT molecular complexity index is 733. The van der Waals surface area contributed by atoms with E-state index >= 15 is 0 Å². The van der Waals surface area contributed by atoms with Crippen LogP contribution in [0.25, 0.3) is 0 Å². The van der Waals surface area contributed by atoms with Crippen molar-refractivity contribution in [3.8, 4) is 0 Å². The Labute approximate surface area is 175 Å².